The second-order valence-electron chi connectivity index (χ2n) is 4.84. The maximum Gasteiger partial charge on any atom is 0.330 e. The van der Waals surface area contributed by atoms with Crippen LogP contribution in [0, 0.1) is 0 Å². The quantitative estimate of drug-likeness (QED) is 0.383. The molecule has 3 N–H and O–H groups in total. The third-order valence-corrected chi connectivity index (χ3v) is 5.12. The monoisotopic (exact) mass is 401 g/mol. The number of phosphoric ester groups is 1. The highest BCUT2D eigenvalue weighted by Gasteiger charge is 2.44. The van der Waals surface area contributed by atoms with Crippen LogP contribution in [0.2, 0.25) is 0 Å². The average molecular weight is 401 g/mol. The van der Waals surface area contributed by atoms with Crippen LogP contribution in [0.4, 0.5) is 0 Å². The number of hydrogen-bond donors (Lipinski definition) is 3. The van der Waals surface area contributed by atoms with Crippen molar-refractivity contribution in [3.8, 4) is 0 Å². The van der Waals surface area contributed by atoms with Gasteiger partial charge >= 0.3 is 5.69 Å². The van der Waals surface area contributed by atoms with E-state index in [9.17, 15) is 43.6 Å². The third kappa shape index (κ3) is 5.15. The van der Waals surface area contributed by atoms with Crippen LogP contribution in [-0.4, -0.2) is 44.7 Å². The van der Waals surface area contributed by atoms with Crippen LogP contribution in [0.25, 0.3) is 0 Å². The maximum absolute atomic E-state index is 11.6. The fourth-order valence-corrected chi connectivity index (χ4v) is 3.53. The molecule has 1 fully saturated rings. The Hall–Kier alpha value is -1.18. The van der Waals surface area contributed by atoms with E-state index in [1.807, 2.05) is 4.98 Å². The summed E-state index contributed by atoms with van der Waals surface area (Å²) in [5, 5.41) is 19.7. The van der Waals surface area contributed by atoms with Gasteiger partial charge in [0.15, 0.2) is 6.23 Å². The van der Waals surface area contributed by atoms with Crippen LogP contribution in [0.5, 0.6) is 0 Å². The molecule has 0 bridgehead atoms. The van der Waals surface area contributed by atoms with E-state index in [1.165, 1.54) is 0 Å². The summed E-state index contributed by atoms with van der Waals surface area (Å²) in [6.45, 7) is -1.02. The van der Waals surface area contributed by atoms with Crippen molar-refractivity contribution in [3.05, 3.63) is 33.1 Å². The van der Waals surface area contributed by atoms with Crippen LogP contribution in [0.3, 0.4) is 0 Å². The number of aliphatic hydroxyl groups excluding tert-OH is 2. The van der Waals surface area contributed by atoms with E-state index in [2.05, 4.69) is 8.83 Å². The number of ether oxygens (including phenoxy) is 1. The predicted molar refractivity (Wildman–Crippen MR) is 69.5 cm³/mol. The normalized spacial score (nSPS) is 29.5. The van der Waals surface area contributed by atoms with E-state index in [1.54, 1.807) is 0 Å². The minimum Gasteiger partial charge on any atom is -0.790 e. The summed E-state index contributed by atoms with van der Waals surface area (Å²) in [6, 6.07) is 0.938. The van der Waals surface area contributed by atoms with Gasteiger partial charge in [0.05, 0.1) is 14.4 Å². The summed E-state index contributed by atoms with van der Waals surface area (Å²) in [7, 11) is -11.4. The topological polar surface area (TPSA) is 226 Å². The molecule has 0 amide bonds. The first-order chi connectivity index (χ1) is 11.4. The van der Waals surface area contributed by atoms with Gasteiger partial charge in [-0.3, -0.25) is 23.2 Å². The molecule has 0 radical (unpaired) electrons. The van der Waals surface area contributed by atoms with Gasteiger partial charge in [-0.2, -0.15) is 0 Å². The minimum absolute atomic E-state index is 0.724. The van der Waals surface area contributed by atoms with E-state index < -0.39 is 58.0 Å². The zero-order chi connectivity index (χ0) is 19.0. The van der Waals surface area contributed by atoms with Gasteiger partial charge in [0.25, 0.3) is 13.4 Å². The zero-order valence-electron chi connectivity index (χ0n) is 12.0. The third-order valence-electron chi connectivity index (χ3n) is 3.06. The molecule has 0 saturated carbocycles. The van der Waals surface area contributed by atoms with E-state index in [0.717, 1.165) is 16.8 Å². The fraction of sp³-hybridized carbons (Fsp3) is 0.556. The largest absolute Gasteiger partial charge is 0.790 e. The molecule has 1 saturated heterocycles. The van der Waals surface area contributed by atoms with Crippen molar-refractivity contribution in [1.82, 2.24) is 9.55 Å². The highest BCUT2D eigenvalue weighted by Crippen LogP contribution is 2.50. The Bertz CT molecular complexity index is 828. The molecule has 25 heavy (non-hydrogen) atoms. The van der Waals surface area contributed by atoms with Crippen LogP contribution < -0.4 is 25.9 Å². The molecule has 0 aromatic carbocycles. The number of H-pyrrole nitrogens is 1. The lowest BCUT2D eigenvalue weighted by Crippen LogP contribution is -2.37. The number of nitrogens with zero attached hydrogens (tertiary/aromatic N) is 1. The molecule has 2 rings (SSSR count). The number of nitrogens with one attached hydrogen (secondary N) is 1. The van der Waals surface area contributed by atoms with Crippen LogP contribution in [-0.2, 0) is 22.7 Å². The number of hydrogen-bond acceptors (Lipinski definition) is 12. The summed E-state index contributed by atoms with van der Waals surface area (Å²) >= 11 is 0. The number of rotatable bonds is 6. The van der Waals surface area contributed by atoms with Gasteiger partial charge in [-0.1, -0.05) is 0 Å². The number of phosphoric acid groups is 2. The Morgan fingerprint density at radius 2 is 1.88 bits per heavy atom. The molecule has 16 heteroatoms. The molecule has 0 aliphatic carbocycles. The lowest BCUT2D eigenvalue weighted by molar-refractivity contribution is -0.339. The Balaban J connectivity index is 2.09. The molecular formula is C9H11N2O12P2-3. The van der Waals surface area contributed by atoms with E-state index in [0.29, 0.717) is 0 Å². The molecule has 5 atom stereocenters. The molecule has 14 nitrogen and oxygen atoms in total. The smallest absolute Gasteiger partial charge is 0.330 e. The number of aromatic nitrogens is 2. The van der Waals surface area contributed by atoms with Crippen molar-refractivity contribution in [2.75, 3.05) is 6.61 Å². The van der Waals surface area contributed by atoms with Crippen molar-refractivity contribution >= 4 is 15.6 Å². The summed E-state index contributed by atoms with van der Waals surface area (Å²) < 4.78 is 34.6. The summed E-state index contributed by atoms with van der Waals surface area (Å²) in [5.41, 5.74) is -1.69. The second-order valence-corrected chi connectivity index (χ2v) is 7.54. The Kier molecular flexibility index (Phi) is 5.81. The summed E-state index contributed by atoms with van der Waals surface area (Å²) in [5.74, 6) is 0. The Morgan fingerprint density at radius 1 is 1.24 bits per heavy atom. The van der Waals surface area contributed by atoms with E-state index in [4.69, 9.17) is 4.74 Å². The van der Waals surface area contributed by atoms with Crippen molar-refractivity contribution in [2.24, 2.45) is 0 Å². The Morgan fingerprint density at radius 3 is 2.44 bits per heavy atom. The van der Waals surface area contributed by atoms with E-state index >= 15 is 0 Å². The van der Waals surface area contributed by atoms with Gasteiger partial charge in [-0.15, -0.1) is 0 Å². The Labute approximate surface area is 138 Å². The molecule has 1 aliphatic rings. The summed E-state index contributed by atoms with van der Waals surface area (Å²) in [4.78, 5) is 56.2. The maximum atomic E-state index is 11.6. The van der Waals surface area contributed by atoms with Gasteiger partial charge in [0, 0.05) is 12.3 Å². The molecule has 2 heterocycles. The molecule has 1 aliphatic heterocycles. The van der Waals surface area contributed by atoms with E-state index in [-0.39, 0.29) is 0 Å². The average Bonchev–Trinajstić information content (AvgIpc) is 2.71. The standard InChI is InChI=1S/C9H14N2O12P2/c12-5-1-2-11(9(15)10-5)8-7(14)6(13)4(22-8)3-21-25(19,20)23-24(16,17)18/h1-2,4,6-8,13-14H,3H2,(H,19,20)(H,10,12,15)(H2,16,17,18)/p-3. The SMILES string of the molecule is O=c1ccn(C2OC(COP(=O)([O-])OP(=O)([O-])[O-])C(O)C2O)c(=O)[nH]1. The molecule has 142 valence electrons. The van der Waals surface area contributed by atoms with Gasteiger partial charge in [-0.05, 0) is 0 Å². The predicted octanol–water partition coefficient (Wildman–Crippen LogP) is -4.51. The molecule has 1 aromatic rings. The molecular weight excluding hydrogens is 390 g/mol. The summed E-state index contributed by atoms with van der Waals surface area (Å²) in [6.07, 6.45) is -5.51. The van der Waals surface area contributed by atoms with Crippen LogP contribution in [0.15, 0.2) is 21.9 Å². The van der Waals surface area contributed by atoms with Crippen molar-refractivity contribution in [3.63, 3.8) is 0 Å². The number of aromatic amines is 1. The first-order valence-corrected chi connectivity index (χ1v) is 9.34. The van der Waals surface area contributed by atoms with Gasteiger partial charge in [-0.25, -0.2) is 4.79 Å². The van der Waals surface area contributed by atoms with Gasteiger partial charge in [0.2, 0.25) is 0 Å². The van der Waals surface area contributed by atoms with Crippen molar-refractivity contribution < 1.29 is 47.6 Å². The lowest BCUT2D eigenvalue weighted by Gasteiger charge is -2.35. The van der Waals surface area contributed by atoms with Crippen molar-refractivity contribution in [1.29, 1.82) is 0 Å². The first kappa shape index (κ1) is 20.1. The minimum atomic E-state index is -5.88. The molecule has 5 unspecified atom stereocenters. The van der Waals surface area contributed by atoms with Gasteiger partial charge < -0.3 is 38.7 Å². The first-order valence-electron chi connectivity index (χ1n) is 6.42. The zero-order valence-corrected chi connectivity index (χ0v) is 13.8. The fourth-order valence-electron chi connectivity index (χ4n) is 2.04. The van der Waals surface area contributed by atoms with Crippen LogP contribution >= 0.6 is 15.6 Å². The number of aliphatic hydroxyl groups is 2. The lowest BCUT2D eigenvalue weighted by atomic mass is 10.1. The van der Waals surface area contributed by atoms with Gasteiger partial charge in [0.1, 0.15) is 18.3 Å². The molecule has 1 aromatic heterocycles. The highest BCUT2D eigenvalue weighted by atomic mass is 31.3. The van der Waals surface area contributed by atoms with Crippen LogP contribution in [0.1, 0.15) is 6.23 Å². The second kappa shape index (κ2) is 7.21. The van der Waals surface area contributed by atoms with Crippen molar-refractivity contribution in [2.45, 2.75) is 24.5 Å². The molecule has 0 spiro atoms. The highest BCUT2D eigenvalue weighted by molar-refractivity contribution is 7.58.